The maximum Gasteiger partial charge on any atom is 0.121 e. The molecule has 0 saturated heterocycles. The summed E-state index contributed by atoms with van der Waals surface area (Å²) in [6, 6.07) is 0. The fourth-order valence-electron chi connectivity index (χ4n) is 1.21. The lowest BCUT2D eigenvalue weighted by molar-refractivity contribution is 0.300. The Morgan fingerprint density at radius 3 is 1.17 bits per heavy atom. The van der Waals surface area contributed by atoms with Crippen LogP contribution in [0.25, 0.3) is 0 Å². The summed E-state index contributed by atoms with van der Waals surface area (Å²) in [5.41, 5.74) is 3.15. The minimum atomic E-state index is 0.684. The molecule has 0 rings (SSSR count). The second kappa shape index (κ2) is 7.38. The smallest absolute Gasteiger partial charge is 0.121 e. The number of hydrogen-bond donors (Lipinski definition) is 0. The highest BCUT2D eigenvalue weighted by Crippen LogP contribution is 2.19. The van der Waals surface area contributed by atoms with Crippen LogP contribution in [0.4, 0.5) is 0 Å². The highest BCUT2D eigenvalue weighted by atomic mass is 16.5. The van der Waals surface area contributed by atoms with Gasteiger partial charge in [-0.25, -0.2) is 0 Å². The average molecular weight is 246 g/mol. The standard InChI is InChI=1S/C16H22O2/c1-11(2)15(17-7)9-13(5)14(6)10-16(18-8)12(3)4/h9-10H,1,3,5-6H2,2,4,7-8H3/b15-9+,16-10+. The second-order valence-corrected chi connectivity index (χ2v) is 4.04. The van der Waals surface area contributed by atoms with E-state index in [4.69, 9.17) is 9.47 Å². The molecule has 0 fully saturated rings. The van der Waals surface area contributed by atoms with Crippen molar-refractivity contribution in [3.05, 3.63) is 72.3 Å². The van der Waals surface area contributed by atoms with E-state index in [0.29, 0.717) is 11.5 Å². The van der Waals surface area contributed by atoms with E-state index in [2.05, 4.69) is 26.3 Å². The van der Waals surface area contributed by atoms with Gasteiger partial charge in [0.25, 0.3) is 0 Å². The molecule has 18 heavy (non-hydrogen) atoms. The lowest BCUT2D eigenvalue weighted by Gasteiger charge is -2.09. The molecule has 0 amide bonds. The van der Waals surface area contributed by atoms with Gasteiger partial charge in [-0.15, -0.1) is 0 Å². The topological polar surface area (TPSA) is 18.5 Å². The maximum atomic E-state index is 5.20. The third-order valence-corrected chi connectivity index (χ3v) is 2.30. The summed E-state index contributed by atoms with van der Waals surface area (Å²) in [5, 5.41) is 0. The third kappa shape index (κ3) is 4.91. The van der Waals surface area contributed by atoms with Gasteiger partial charge in [-0.3, -0.25) is 0 Å². The van der Waals surface area contributed by atoms with Crippen molar-refractivity contribution < 1.29 is 9.47 Å². The first-order valence-electron chi connectivity index (χ1n) is 5.54. The third-order valence-electron chi connectivity index (χ3n) is 2.30. The molecule has 0 saturated carbocycles. The molecule has 0 bridgehead atoms. The lowest BCUT2D eigenvalue weighted by Crippen LogP contribution is -1.92. The molecule has 0 heterocycles. The summed E-state index contributed by atoms with van der Waals surface area (Å²) < 4.78 is 10.4. The summed E-state index contributed by atoms with van der Waals surface area (Å²) in [7, 11) is 3.20. The van der Waals surface area contributed by atoms with Crippen molar-refractivity contribution >= 4 is 0 Å². The van der Waals surface area contributed by atoms with Crippen LogP contribution in [0.15, 0.2) is 72.3 Å². The molecule has 0 N–H and O–H groups in total. The van der Waals surface area contributed by atoms with Crippen LogP contribution in [-0.2, 0) is 9.47 Å². The Balaban J connectivity index is 5.08. The second-order valence-electron chi connectivity index (χ2n) is 4.04. The molecule has 0 aromatic heterocycles. The van der Waals surface area contributed by atoms with Gasteiger partial charge >= 0.3 is 0 Å². The van der Waals surface area contributed by atoms with Gasteiger partial charge in [0.2, 0.25) is 0 Å². The number of ether oxygens (including phenoxy) is 2. The Bertz CT molecular complexity index is 392. The van der Waals surface area contributed by atoms with E-state index in [9.17, 15) is 0 Å². The molecule has 0 spiro atoms. The Hall–Kier alpha value is -1.96. The fourth-order valence-corrected chi connectivity index (χ4v) is 1.21. The van der Waals surface area contributed by atoms with Gasteiger partial charge in [-0.05, 0) is 48.3 Å². The van der Waals surface area contributed by atoms with Crippen LogP contribution in [0.2, 0.25) is 0 Å². The largest absolute Gasteiger partial charge is 0.496 e. The summed E-state index contributed by atoms with van der Waals surface area (Å²) in [5.74, 6) is 1.37. The minimum absolute atomic E-state index is 0.684. The average Bonchev–Trinajstić information content (AvgIpc) is 2.31. The Labute approximate surface area is 110 Å². The van der Waals surface area contributed by atoms with Crippen molar-refractivity contribution in [3.8, 4) is 0 Å². The van der Waals surface area contributed by atoms with Crippen molar-refractivity contribution in [1.82, 2.24) is 0 Å². The van der Waals surface area contributed by atoms with E-state index in [-0.39, 0.29) is 0 Å². The van der Waals surface area contributed by atoms with Gasteiger partial charge in [0, 0.05) is 0 Å². The number of allylic oxidation sites excluding steroid dienone is 6. The highest BCUT2D eigenvalue weighted by Gasteiger charge is 2.03. The summed E-state index contributed by atoms with van der Waals surface area (Å²) in [6.07, 6.45) is 3.60. The first-order chi connectivity index (χ1) is 8.33. The summed E-state index contributed by atoms with van der Waals surface area (Å²) in [6.45, 7) is 19.3. The van der Waals surface area contributed by atoms with Crippen LogP contribution in [0.5, 0.6) is 0 Å². The molecule has 98 valence electrons. The van der Waals surface area contributed by atoms with Crippen LogP contribution in [0.1, 0.15) is 13.8 Å². The van der Waals surface area contributed by atoms with E-state index in [1.807, 2.05) is 13.8 Å². The van der Waals surface area contributed by atoms with Crippen molar-refractivity contribution in [2.75, 3.05) is 14.2 Å². The van der Waals surface area contributed by atoms with E-state index in [1.54, 1.807) is 26.4 Å². The zero-order valence-corrected chi connectivity index (χ0v) is 11.8. The quantitative estimate of drug-likeness (QED) is 0.492. The molecule has 0 unspecified atom stereocenters. The Kier molecular flexibility index (Phi) is 6.58. The molecule has 0 atom stereocenters. The number of hydrogen-bond acceptors (Lipinski definition) is 2. The van der Waals surface area contributed by atoms with E-state index >= 15 is 0 Å². The molecule has 0 aromatic rings. The molecule has 0 aromatic carbocycles. The molecular weight excluding hydrogens is 224 g/mol. The number of rotatable bonds is 7. The number of methoxy groups -OCH3 is 2. The van der Waals surface area contributed by atoms with Crippen molar-refractivity contribution in [2.45, 2.75) is 13.8 Å². The SMILES string of the molecule is C=C(/C=C(/OC)C(=C)C)C(=C)/C=C(/OC)C(=C)C. The van der Waals surface area contributed by atoms with Gasteiger partial charge in [-0.2, -0.15) is 0 Å². The molecular formula is C16H22O2. The van der Waals surface area contributed by atoms with Crippen LogP contribution in [0, 0.1) is 0 Å². The van der Waals surface area contributed by atoms with Crippen LogP contribution < -0.4 is 0 Å². The van der Waals surface area contributed by atoms with Crippen molar-refractivity contribution in [3.63, 3.8) is 0 Å². The van der Waals surface area contributed by atoms with Crippen LogP contribution >= 0.6 is 0 Å². The minimum Gasteiger partial charge on any atom is -0.496 e. The predicted molar refractivity (Wildman–Crippen MR) is 78.1 cm³/mol. The Morgan fingerprint density at radius 1 is 0.722 bits per heavy atom. The predicted octanol–water partition coefficient (Wildman–Crippen LogP) is 4.31. The van der Waals surface area contributed by atoms with Gasteiger partial charge in [0.05, 0.1) is 14.2 Å². The molecule has 0 aliphatic heterocycles. The van der Waals surface area contributed by atoms with E-state index < -0.39 is 0 Å². The first-order valence-corrected chi connectivity index (χ1v) is 5.54. The van der Waals surface area contributed by atoms with Gasteiger partial charge in [-0.1, -0.05) is 26.3 Å². The van der Waals surface area contributed by atoms with Crippen molar-refractivity contribution in [2.24, 2.45) is 0 Å². The van der Waals surface area contributed by atoms with E-state index in [1.165, 1.54) is 0 Å². The van der Waals surface area contributed by atoms with Crippen molar-refractivity contribution in [1.29, 1.82) is 0 Å². The van der Waals surface area contributed by atoms with E-state index in [0.717, 1.165) is 22.3 Å². The molecule has 0 aliphatic carbocycles. The lowest BCUT2D eigenvalue weighted by atomic mass is 10.1. The van der Waals surface area contributed by atoms with Crippen LogP contribution in [0.3, 0.4) is 0 Å². The molecule has 2 heteroatoms. The Morgan fingerprint density at radius 2 is 1.00 bits per heavy atom. The fraction of sp³-hybridized carbons (Fsp3) is 0.250. The zero-order valence-electron chi connectivity index (χ0n) is 11.8. The van der Waals surface area contributed by atoms with Crippen LogP contribution in [-0.4, -0.2) is 14.2 Å². The zero-order chi connectivity index (χ0) is 14.3. The summed E-state index contributed by atoms with van der Waals surface area (Å²) in [4.78, 5) is 0. The van der Waals surface area contributed by atoms with Gasteiger partial charge in [0.15, 0.2) is 0 Å². The highest BCUT2D eigenvalue weighted by molar-refractivity contribution is 5.47. The monoisotopic (exact) mass is 246 g/mol. The van der Waals surface area contributed by atoms with Gasteiger partial charge in [0.1, 0.15) is 11.5 Å². The molecule has 0 aliphatic rings. The molecule has 0 radical (unpaired) electrons. The molecule has 2 nitrogen and oxygen atoms in total. The summed E-state index contributed by atoms with van der Waals surface area (Å²) >= 11 is 0. The van der Waals surface area contributed by atoms with Gasteiger partial charge < -0.3 is 9.47 Å². The maximum absolute atomic E-state index is 5.20. The first kappa shape index (κ1) is 16.0. The normalized spacial score (nSPS) is 11.8.